The first-order valence-electron chi connectivity index (χ1n) is 5.53. The first kappa shape index (κ1) is 10.6. The Morgan fingerprint density at radius 1 is 1.47 bits per heavy atom. The van der Waals surface area contributed by atoms with Crippen molar-refractivity contribution < 1.29 is 4.39 Å². The van der Waals surface area contributed by atoms with E-state index in [0.29, 0.717) is 5.92 Å². The van der Waals surface area contributed by atoms with Gasteiger partial charge in [0.1, 0.15) is 5.82 Å². The lowest BCUT2D eigenvalue weighted by molar-refractivity contribution is 0.301. The second-order valence-electron chi connectivity index (χ2n) is 4.59. The molecule has 15 heavy (non-hydrogen) atoms. The Balaban J connectivity index is 2.25. The molecule has 0 bridgehead atoms. The van der Waals surface area contributed by atoms with Gasteiger partial charge in [0.05, 0.1) is 6.20 Å². The van der Waals surface area contributed by atoms with Gasteiger partial charge < -0.3 is 5.73 Å². The molecule has 0 amide bonds. The van der Waals surface area contributed by atoms with Crippen LogP contribution in [0.25, 0.3) is 0 Å². The van der Waals surface area contributed by atoms with Gasteiger partial charge in [-0.05, 0) is 36.8 Å². The number of hydrogen-bond acceptors (Lipinski definition) is 2. The Morgan fingerprint density at radius 3 is 3.00 bits per heavy atom. The maximum Gasteiger partial charge on any atom is 0.145 e. The van der Waals surface area contributed by atoms with E-state index in [2.05, 4.69) is 11.9 Å². The van der Waals surface area contributed by atoms with E-state index in [1.54, 1.807) is 12.3 Å². The third kappa shape index (κ3) is 2.17. The summed E-state index contributed by atoms with van der Waals surface area (Å²) in [6.07, 6.45) is 6.06. The van der Waals surface area contributed by atoms with Crippen LogP contribution in [-0.2, 0) is 0 Å². The van der Waals surface area contributed by atoms with Gasteiger partial charge in [-0.2, -0.15) is 0 Å². The van der Waals surface area contributed by atoms with Crippen LogP contribution in [0.5, 0.6) is 0 Å². The molecule has 3 atom stereocenters. The molecule has 0 aliphatic heterocycles. The molecule has 82 valence electrons. The van der Waals surface area contributed by atoms with Crippen molar-refractivity contribution in [1.82, 2.24) is 4.98 Å². The molecule has 3 heteroatoms. The van der Waals surface area contributed by atoms with Crippen molar-refractivity contribution in [2.75, 3.05) is 0 Å². The molecule has 0 aromatic carbocycles. The molecular weight excluding hydrogens is 191 g/mol. The van der Waals surface area contributed by atoms with Gasteiger partial charge in [0.25, 0.3) is 0 Å². The van der Waals surface area contributed by atoms with E-state index in [-0.39, 0.29) is 17.8 Å². The smallest absolute Gasteiger partial charge is 0.145 e. The minimum atomic E-state index is -0.216. The highest BCUT2D eigenvalue weighted by Crippen LogP contribution is 2.35. The zero-order valence-electron chi connectivity index (χ0n) is 8.99. The highest BCUT2D eigenvalue weighted by molar-refractivity contribution is 5.21. The standard InChI is InChI=1S/C12H17FN2/c1-8-2-3-12(14)10(6-8)9-4-5-15-7-11(9)13/h4-5,7-8,10,12H,2-3,6,14H2,1H3. The average Bonchev–Trinajstić information content (AvgIpc) is 2.23. The summed E-state index contributed by atoms with van der Waals surface area (Å²) in [6, 6.07) is 1.86. The maximum atomic E-state index is 13.6. The van der Waals surface area contributed by atoms with Gasteiger partial charge in [0, 0.05) is 18.2 Å². The summed E-state index contributed by atoms with van der Waals surface area (Å²) in [6.45, 7) is 2.21. The summed E-state index contributed by atoms with van der Waals surface area (Å²) in [5, 5.41) is 0. The van der Waals surface area contributed by atoms with Crippen LogP contribution in [0.15, 0.2) is 18.5 Å². The van der Waals surface area contributed by atoms with Gasteiger partial charge in [-0.3, -0.25) is 4.98 Å². The van der Waals surface area contributed by atoms with Crippen molar-refractivity contribution >= 4 is 0 Å². The first-order valence-corrected chi connectivity index (χ1v) is 5.53. The van der Waals surface area contributed by atoms with E-state index in [9.17, 15) is 4.39 Å². The van der Waals surface area contributed by atoms with Gasteiger partial charge >= 0.3 is 0 Å². The lowest BCUT2D eigenvalue weighted by Crippen LogP contribution is -2.34. The Hall–Kier alpha value is -0.960. The summed E-state index contributed by atoms with van der Waals surface area (Å²) in [7, 11) is 0. The van der Waals surface area contributed by atoms with Gasteiger partial charge in [-0.1, -0.05) is 6.92 Å². The summed E-state index contributed by atoms with van der Waals surface area (Å²) in [4.78, 5) is 3.77. The number of nitrogens with zero attached hydrogens (tertiary/aromatic N) is 1. The fraction of sp³-hybridized carbons (Fsp3) is 0.583. The highest BCUT2D eigenvalue weighted by Gasteiger charge is 2.28. The SMILES string of the molecule is CC1CCC(N)C(c2ccncc2F)C1. The van der Waals surface area contributed by atoms with E-state index in [1.807, 2.05) is 0 Å². The zero-order chi connectivity index (χ0) is 10.8. The van der Waals surface area contributed by atoms with Gasteiger partial charge in [-0.25, -0.2) is 4.39 Å². The van der Waals surface area contributed by atoms with Crippen LogP contribution in [0.2, 0.25) is 0 Å². The van der Waals surface area contributed by atoms with E-state index in [4.69, 9.17) is 5.73 Å². The van der Waals surface area contributed by atoms with Crippen LogP contribution >= 0.6 is 0 Å². The highest BCUT2D eigenvalue weighted by atomic mass is 19.1. The number of nitrogens with two attached hydrogens (primary N) is 1. The minimum Gasteiger partial charge on any atom is -0.327 e. The van der Waals surface area contributed by atoms with Gasteiger partial charge in [0.15, 0.2) is 0 Å². The first-order chi connectivity index (χ1) is 7.18. The predicted octanol–water partition coefficient (Wildman–Crippen LogP) is 2.45. The summed E-state index contributed by atoms with van der Waals surface area (Å²) in [5.74, 6) is 0.589. The van der Waals surface area contributed by atoms with Gasteiger partial charge in [0.2, 0.25) is 0 Å². The normalized spacial score (nSPS) is 31.5. The van der Waals surface area contributed by atoms with E-state index >= 15 is 0 Å². The molecule has 2 N–H and O–H groups in total. The van der Waals surface area contributed by atoms with Crippen molar-refractivity contribution in [3.05, 3.63) is 29.8 Å². The monoisotopic (exact) mass is 208 g/mol. The molecule has 0 spiro atoms. The molecule has 0 radical (unpaired) electrons. The molecule has 1 aliphatic rings. The quantitative estimate of drug-likeness (QED) is 0.770. The molecule has 1 aromatic rings. The second kappa shape index (κ2) is 4.27. The molecule has 0 saturated heterocycles. The minimum absolute atomic E-state index is 0.0955. The van der Waals surface area contributed by atoms with Crippen molar-refractivity contribution in [2.45, 2.75) is 38.1 Å². The third-order valence-corrected chi connectivity index (χ3v) is 3.37. The fourth-order valence-corrected chi connectivity index (χ4v) is 2.45. The summed E-state index contributed by atoms with van der Waals surface area (Å²) < 4.78 is 13.6. The molecule has 1 heterocycles. The fourth-order valence-electron chi connectivity index (χ4n) is 2.45. The molecule has 1 aromatic heterocycles. The molecule has 1 aliphatic carbocycles. The topological polar surface area (TPSA) is 38.9 Å². The summed E-state index contributed by atoms with van der Waals surface area (Å²) >= 11 is 0. The molecule has 2 nitrogen and oxygen atoms in total. The lowest BCUT2D eigenvalue weighted by Gasteiger charge is -2.32. The number of rotatable bonds is 1. The number of halogens is 1. The van der Waals surface area contributed by atoms with E-state index in [1.165, 1.54) is 6.20 Å². The zero-order valence-corrected chi connectivity index (χ0v) is 8.99. The maximum absolute atomic E-state index is 13.6. The number of aromatic nitrogens is 1. The van der Waals surface area contributed by atoms with E-state index < -0.39 is 0 Å². The molecular formula is C12H17FN2. The van der Waals surface area contributed by atoms with Gasteiger partial charge in [-0.15, -0.1) is 0 Å². The van der Waals surface area contributed by atoms with Crippen molar-refractivity contribution in [3.8, 4) is 0 Å². The lowest BCUT2D eigenvalue weighted by atomic mass is 9.76. The van der Waals surface area contributed by atoms with Crippen LogP contribution in [-0.4, -0.2) is 11.0 Å². The van der Waals surface area contributed by atoms with Crippen LogP contribution in [0, 0.1) is 11.7 Å². The third-order valence-electron chi connectivity index (χ3n) is 3.37. The van der Waals surface area contributed by atoms with Crippen LogP contribution < -0.4 is 5.73 Å². The van der Waals surface area contributed by atoms with Crippen LogP contribution in [0.3, 0.4) is 0 Å². The Morgan fingerprint density at radius 2 is 2.27 bits per heavy atom. The van der Waals surface area contributed by atoms with Crippen molar-refractivity contribution in [2.24, 2.45) is 11.7 Å². The largest absolute Gasteiger partial charge is 0.327 e. The Labute approximate surface area is 89.7 Å². The number of pyridine rings is 1. The number of hydrogen-bond donors (Lipinski definition) is 1. The Bertz CT molecular complexity index is 340. The van der Waals surface area contributed by atoms with E-state index in [0.717, 1.165) is 24.8 Å². The molecule has 1 saturated carbocycles. The van der Waals surface area contributed by atoms with Crippen molar-refractivity contribution in [1.29, 1.82) is 0 Å². The predicted molar refractivity (Wildman–Crippen MR) is 57.9 cm³/mol. The summed E-state index contributed by atoms with van der Waals surface area (Å²) in [5.41, 5.74) is 6.79. The Kier molecular flexibility index (Phi) is 3.00. The molecule has 1 fully saturated rings. The second-order valence-corrected chi connectivity index (χ2v) is 4.59. The average molecular weight is 208 g/mol. The van der Waals surface area contributed by atoms with Crippen molar-refractivity contribution in [3.63, 3.8) is 0 Å². The van der Waals surface area contributed by atoms with Crippen LogP contribution in [0.4, 0.5) is 4.39 Å². The van der Waals surface area contributed by atoms with Crippen LogP contribution in [0.1, 0.15) is 37.7 Å². The molecule has 3 unspecified atom stereocenters. The molecule has 2 rings (SSSR count).